The van der Waals surface area contributed by atoms with Crippen molar-refractivity contribution in [3.63, 3.8) is 0 Å². The fraction of sp³-hybridized carbons (Fsp3) is 0.556. The third-order valence-electron chi connectivity index (χ3n) is 4.33. The Hall–Kier alpha value is -1.96. The molecular weight excluding hydrogens is 322 g/mol. The van der Waals surface area contributed by atoms with Gasteiger partial charge in [0.1, 0.15) is 6.10 Å². The summed E-state index contributed by atoms with van der Waals surface area (Å²) in [6.45, 7) is 6.92. The molecule has 1 aromatic carbocycles. The first-order valence-corrected chi connectivity index (χ1v) is 8.71. The number of nitrogens with one attached hydrogen (secondary N) is 2. The van der Waals surface area contributed by atoms with Crippen LogP contribution >= 0.6 is 0 Å². The fourth-order valence-corrected chi connectivity index (χ4v) is 3.18. The van der Waals surface area contributed by atoms with E-state index in [9.17, 15) is 9.59 Å². The fourth-order valence-electron chi connectivity index (χ4n) is 3.18. The van der Waals surface area contributed by atoms with Crippen molar-refractivity contribution in [2.45, 2.75) is 32.2 Å². The van der Waals surface area contributed by atoms with Crippen LogP contribution in [0.1, 0.15) is 24.2 Å². The van der Waals surface area contributed by atoms with E-state index in [1.807, 2.05) is 18.7 Å². The Balaban J connectivity index is 1.59. The van der Waals surface area contributed by atoms with Gasteiger partial charge in [0.05, 0.1) is 18.8 Å². The molecule has 25 heavy (non-hydrogen) atoms. The largest absolute Gasteiger partial charge is 0.372 e. The number of benzene rings is 1. The number of hydrogen-bond donors (Lipinski definition) is 2. The Morgan fingerprint density at radius 2 is 1.84 bits per heavy atom. The van der Waals surface area contributed by atoms with Crippen LogP contribution in [0.25, 0.3) is 0 Å². The zero-order chi connectivity index (χ0) is 17.8. The van der Waals surface area contributed by atoms with Gasteiger partial charge >= 0.3 is 0 Å². The van der Waals surface area contributed by atoms with Crippen LogP contribution in [-0.2, 0) is 14.3 Å². The third-order valence-corrected chi connectivity index (χ3v) is 4.33. The van der Waals surface area contributed by atoms with Crippen LogP contribution in [0.2, 0.25) is 0 Å². The number of amides is 2. The van der Waals surface area contributed by atoms with Crippen molar-refractivity contribution in [3.05, 3.63) is 29.8 Å². The first-order chi connectivity index (χ1) is 12.0. The molecule has 0 aromatic heterocycles. The minimum absolute atomic E-state index is 0.0142. The molecule has 0 spiro atoms. The number of carbonyl (C=O) groups is 2. The predicted molar refractivity (Wildman–Crippen MR) is 93.6 cm³/mol. The average Bonchev–Trinajstić information content (AvgIpc) is 2.61. The van der Waals surface area contributed by atoms with Crippen molar-refractivity contribution >= 4 is 17.5 Å². The Morgan fingerprint density at radius 3 is 2.44 bits per heavy atom. The smallest absolute Gasteiger partial charge is 0.254 e. The summed E-state index contributed by atoms with van der Waals surface area (Å²) in [5.41, 5.74) is 1.26. The van der Waals surface area contributed by atoms with Crippen molar-refractivity contribution in [3.8, 4) is 0 Å². The number of nitrogens with zero attached hydrogens (tertiary/aromatic N) is 1. The van der Waals surface area contributed by atoms with Crippen LogP contribution in [0.15, 0.2) is 24.3 Å². The van der Waals surface area contributed by atoms with E-state index in [-0.39, 0.29) is 24.0 Å². The Bertz CT molecular complexity index is 603. The minimum atomic E-state index is -0.480. The summed E-state index contributed by atoms with van der Waals surface area (Å²) in [5.74, 6) is -0.193. The Morgan fingerprint density at radius 1 is 1.16 bits per heavy atom. The van der Waals surface area contributed by atoms with E-state index in [2.05, 4.69) is 10.6 Å². The number of anilines is 1. The highest BCUT2D eigenvalue weighted by atomic mass is 16.5. The molecule has 3 unspecified atom stereocenters. The average molecular weight is 347 g/mol. The number of carbonyl (C=O) groups excluding carboxylic acids is 2. The lowest BCUT2D eigenvalue weighted by Gasteiger charge is -2.35. The van der Waals surface area contributed by atoms with Crippen LogP contribution in [0.4, 0.5) is 5.69 Å². The molecule has 2 fully saturated rings. The van der Waals surface area contributed by atoms with Gasteiger partial charge in [0.25, 0.3) is 11.8 Å². The molecule has 7 heteroatoms. The summed E-state index contributed by atoms with van der Waals surface area (Å²) in [4.78, 5) is 26.6. The normalized spacial score (nSPS) is 27.0. The highest BCUT2D eigenvalue weighted by molar-refractivity contribution is 5.97. The Labute approximate surface area is 147 Å². The van der Waals surface area contributed by atoms with Gasteiger partial charge < -0.3 is 25.0 Å². The van der Waals surface area contributed by atoms with Crippen molar-refractivity contribution < 1.29 is 19.1 Å². The number of morpholine rings is 2. The van der Waals surface area contributed by atoms with Crippen LogP contribution in [-0.4, -0.2) is 67.8 Å². The van der Waals surface area contributed by atoms with Crippen LogP contribution in [0.5, 0.6) is 0 Å². The van der Waals surface area contributed by atoms with Crippen LogP contribution < -0.4 is 10.6 Å². The van der Waals surface area contributed by atoms with Gasteiger partial charge in [-0.05, 0) is 38.1 Å². The second-order valence-corrected chi connectivity index (χ2v) is 6.60. The molecule has 0 saturated carbocycles. The molecule has 136 valence electrons. The second-order valence-electron chi connectivity index (χ2n) is 6.60. The lowest BCUT2D eigenvalue weighted by molar-refractivity contribution is -0.128. The monoisotopic (exact) mass is 347 g/mol. The van der Waals surface area contributed by atoms with Crippen molar-refractivity contribution in [1.29, 1.82) is 0 Å². The van der Waals surface area contributed by atoms with Crippen molar-refractivity contribution in [2.24, 2.45) is 0 Å². The standard InChI is InChI=1S/C18H25N3O4/c1-12-10-21(11-13(2)25-12)18(23)14-3-5-15(6-4-14)20-17(22)16-9-19-7-8-24-16/h3-6,12-13,16,19H,7-11H2,1-2H3,(H,20,22). The summed E-state index contributed by atoms with van der Waals surface area (Å²) in [7, 11) is 0. The molecule has 2 N–H and O–H groups in total. The van der Waals surface area contributed by atoms with Gasteiger partial charge in [0, 0.05) is 37.4 Å². The number of rotatable bonds is 3. The zero-order valence-electron chi connectivity index (χ0n) is 14.7. The topological polar surface area (TPSA) is 79.9 Å². The van der Waals surface area contributed by atoms with Crippen LogP contribution in [0, 0.1) is 0 Å². The second kappa shape index (κ2) is 7.95. The molecule has 2 heterocycles. The maximum atomic E-state index is 12.6. The van der Waals surface area contributed by atoms with Gasteiger partial charge in [-0.3, -0.25) is 9.59 Å². The van der Waals surface area contributed by atoms with E-state index >= 15 is 0 Å². The number of hydrogen-bond acceptors (Lipinski definition) is 5. The molecular formula is C18H25N3O4. The van der Waals surface area contributed by atoms with E-state index in [1.165, 1.54) is 0 Å². The molecule has 2 aliphatic heterocycles. The summed E-state index contributed by atoms with van der Waals surface area (Å²) in [6.07, 6.45) is -0.405. The molecule has 2 amide bonds. The molecule has 3 atom stereocenters. The van der Waals surface area contributed by atoms with E-state index in [4.69, 9.17) is 9.47 Å². The summed E-state index contributed by atoms with van der Waals surface area (Å²) < 4.78 is 11.1. The van der Waals surface area contributed by atoms with E-state index in [0.29, 0.717) is 37.5 Å². The van der Waals surface area contributed by atoms with Gasteiger partial charge in [0.2, 0.25) is 0 Å². The Kier molecular flexibility index (Phi) is 5.67. The lowest BCUT2D eigenvalue weighted by atomic mass is 10.1. The predicted octanol–water partition coefficient (Wildman–Crippen LogP) is 0.863. The molecule has 0 aliphatic carbocycles. The zero-order valence-corrected chi connectivity index (χ0v) is 14.7. The van der Waals surface area contributed by atoms with Gasteiger partial charge in [-0.1, -0.05) is 0 Å². The summed E-state index contributed by atoms with van der Waals surface area (Å²) >= 11 is 0. The van der Waals surface area contributed by atoms with Crippen molar-refractivity contribution in [1.82, 2.24) is 10.2 Å². The number of ether oxygens (including phenoxy) is 2. The molecule has 0 radical (unpaired) electrons. The minimum Gasteiger partial charge on any atom is -0.372 e. The molecule has 0 bridgehead atoms. The summed E-state index contributed by atoms with van der Waals surface area (Å²) in [6, 6.07) is 6.97. The van der Waals surface area contributed by atoms with Gasteiger partial charge in [-0.2, -0.15) is 0 Å². The van der Waals surface area contributed by atoms with E-state index in [1.54, 1.807) is 24.3 Å². The molecule has 1 aromatic rings. The SMILES string of the molecule is CC1CN(C(=O)c2ccc(NC(=O)C3CNCCO3)cc2)CC(C)O1. The van der Waals surface area contributed by atoms with Gasteiger partial charge in [-0.25, -0.2) is 0 Å². The highest BCUT2D eigenvalue weighted by Crippen LogP contribution is 2.16. The summed E-state index contributed by atoms with van der Waals surface area (Å²) in [5, 5.41) is 5.95. The maximum Gasteiger partial charge on any atom is 0.254 e. The molecule has 2 saturated heterocycles. The van der Waals surface area contributed by atoms with E-state index in [0.717, 1.165) is 6.54 Å². The molecule has 7 nitrogen and oxygen atoms in total. The first kappa shape index (κ1) is 17.8. The first-order valence-electron chi connectivity index (χ1n) is 8.71. The van der Waals surface area contributed by atoms with Gasteiger partial charge in [0.15, 0.2) is 0 Å². The molecule has 2 aliphatic rings. The van der Waals surface area contributed by atoms with Gasteiger partial charge in [-0.15, -0.1) is 0 Å². The van der Waals surface area contributed by atoms with Crippen LogP contribution in [0.3, 0.4) is 0 Å². The quantitative estimate of drug-likeness (QED) is 0.848. The van der Waals surface area contributed by atoms with E-state index < -0.39 is 6.10 Å². The molecule has 3 rings (SSSR count). The maximum absolute atomic E-state index is 12.6. The third kappa shape index (κ3) is 4.56. The van der Waals surface area contributed by atoms with Crippen molar-refractivity contribution in [2.75, 3.05) is 38.1 Å². The highest BCUT2D eigenvalue weighted by Gasteiger charge is 2.26. The lowest BCUT2D eigenvalue weighted by Crippen LogP contribution is -2.48.